The van der Waals surface area contributed by atoms with Crippen LogP contribution in [-0.2, 0) is 4.79 Å². The molecule has 3 nitrogen and oxygen atoms in total. The Bertz CT molecular complexity index is 286. The minimum absolute atomic E-state index is 0.284. The maximum Gasteiger partial charge on any atom is 0.222 e. The fraction of sp³-hybridized carbons (Fsp3) is 0.857. The van der Waals surface area contributed by atoms with Gasteiger partial charge in [0.2, 0.25) is 5.91 Å². The second-order valence-electron chi connectivity index (χ2n) is 5.80. The fourth-order valence-electron chi connectivity index (χ4n) is 2.59. The smallest absolute Gasteiger partial charge is 0.222 e. The normalized spacial score (nSPS) is 16.2. The Morgan fingerprint density at radius 1 is 1.39 bits per heavy atom. The average Bonchev–Trinajstić information content (AvgIpc) is 2.76. The predicted octanol–water partition coefficient (Wildman–Crippen LogP) is 2.73. The van der Waals surface area contributed by atoms with Crippen LogP contribution in [0.1, 0.15) is 52.4 Å². The lowest BCUT2D eigenvalue weighted by molar-refractivity contribution is -0.132. The van der Waals surface area contributed by atoms with Crippen LogP contribution in [0.15, 0.2) is 0 Å². The summed E-state index contributed by atoms with van der Waals surface area (Å²) in [6.07, 6.45) is 6.36. The number of rotatable bonds is 7. The van der Waals surface area contributed by atoms with Gasteiger partial charge in [0, 0.05) is 25.9 Å². The molecule has 0 aliphatic heterocycles. The third kappa shape index (κ3) is 5.80. The van der Waals surface area contributed by atoms with Crippen LogP contribution in [0.3, 0.4) is 0 Å². The lowest BCUT2D eigenvalue weighted by atomic mass is 10.0. The molecule has 0 heterocycles. The Morgan fingerprint density at radius 2 is 2.00 bits per heavy atom. The van der Waals surface area contributed by atoms with Gasteiger partial charge < -0.3 is 10.6 Å². The minimum Gasteiger partial charge on any atom is -0.393 e. The number of thiocarbonyl (C=S) groups is 1. The zero-order valence-electron chi connectivity index (χ0n) is 11.7. The molecule has 1 aliphatic carbocycles. The summed E-state index contributed by atoms with van der Waals surface area (Å²) < 4.78 is 0. The Morgan fingerprint density at radius 3 is 2.50 bits per heavy atom. The summed E-state index contributed by atoms with van der Waals surface area (Å²) in [5, 5.41) is 0. The molecule has 2 N–H and O–H groups in total. The monoisotopic (exact) mass is 270 g/mol. The molecular weight excluding hydrogens is 244 g/mol. The Balaban J connectivity index is 2.45. The molecule has 1 fully saturated rings. The van der Waals surface area contributed by atoms with Gasteiger partial charge in [0.25, 0.3) is 0 Å². The van der Waals surface area contributed by atoms with Crippen LogP contribution >= 0.6 is 12.2 Å². The van der Waals surface area contributed by atoms with Gasteiger partial charge in [-0.15, -0.1) is 0 Å². The molecule has 104 valence electrons. The predicted molar refractivity (Wildman–Crippen MR) is 79.4 cm³/mol. The topological polar surface area (TPSA) is 46.3 Å². The van der Waals surface area contributed by atoms with Gasteiger partial charge in [0.15, 0.2) is 0 Å². The molecule has 0 aromatic rings. The van der Waals surface area contributed by atoms with Crippen molar-refractivity contribution in [1.82, 2.24) is 4.90 Å². The van der Waals surface area contributed by atoms with E-state index in [0.717, 1.165) is 6.54 Å². The Hall–Kier alpha value is -0.640. The lowest BCUT2D eigenvalue weighted by Crippen LogP contribution is -2.37. The number of nitrogens with two attached hydrogens (primary N) is 1. The molecule has 1 amide bonds. The zero-order chi connectivity index (χ0) is 13.5. The number of amides is 1. The maximum absolute atomic E-state index is 12.3. The van der Waals surface area contributed by atoms with Gasteiger partial charge in [-0.25, -0.2) is 0 Å². The first kappa shape index (κ1) is 15.4. The van der Waals surface area contributed by atoms with Crippen LogP contribution in [0.2, 0.25) is 0 Å². The van der Waals surface area contributed by atoms with Crippen molar-refractivity contribution >= 4 is 23.1 Å². The van der Waals surface area contributed by atoms with E-state index >= 15 is 0 Å². The van der Waals surface area contributed by atoms with Crippen LogP contribution in [0.4, 0.5) is 0 Å². The molecule has 0 bridgehead atoms. The van der Waals surface area contributed by atoms with Crippen molar-refractivity contribution in [3.05, 3.63) is 0 Å². The van der Waals surface area contributed by atoms with Crippen molar-refractivity contribution in [2.75, 3.05) is 13.1 Å². The second kappa shape index (κ2) is 7.72. The van der Waals surface area contributed by atoms with Crippen molar-refractivity contribution < 1.29 is 4.79 Å². The summed E-state index contributed by atoms with van der Waals surface area (Å²) in [5.41, 5.74) is 5.53. The quantitative estimate of drug-likeness (QED) is 0.724. The molecule has 1 rings (SSSR count). The highest BCUT2D eigenvalue weighted by atomic mass is 32.1. The number of hydrogen-bond donors (Lipinski definition) is 1. The van der Waals surface area contributed by atoms with Gasteiger partial charge in [-0.05, 0) is 24.7 Å². The number of carbonyl (C=O) groups is 1. The molecule has 1 saturated carbocycles. The van der Waals surface area contributed by atoms with Crippen LogP contribution in [-0.4, -0.2) is 28.9 Å². The van der Waals surface area contributed by atoms with E-state index in [9.17, 15) is 4.79 Å². The summed E-state index contributed by atoms with van der Waals surface area (Å²) in [6.45, 7) is 5.76. The van der Waals surface area contributed by atoms with E-state index in [2.05, 4.69) is 13.8 Å². The summed E-state index contributed by atoms with van der Waals surface area (Å²) in [7, 11) is 0. The fourth-order valence-corrected chi connectivity index (χ4v) is 2.69. The highest BCUT2D eigenvalue weighted by molar-refractivity contribution is 7.80. The van der Waals surface area contributed by atoms with E-state index in [1.54, 1.807) is 0 Å². The largest absolute Gasteiger partial charge is 0.393 e. The van der Waals surface area contributed by atoms with E-state index in [1.807, 2.05) is 4.90 Å². The van der Waals surface area contributed by atoms with Gasteiger partial charge in [0.05, 0.1) is 4.99 Å². The average molecular weight is 270 g/mol. The number of carbonyl (C=O) groups excluding carboxylic acids is 1. The number of hydrogen-bond acceptors (Lipinski definition) is 2. The molecule has 0 spiro atoms. The number of nitrogens with zero attached hydrogens (tertiary/aromatic N) is 1. The van der Waals surface area contributed by atoms with Crippen LogP contribution in [0, 0.1) is 11.8 Å². The third-order valence-corrected chi connectivity index (χ3v) is 3.71. The summed E-state index contributed by atoms with van der Waals surface area (Å²) in [6, 6.07) is 0. The standard InChI is InChI=1S/C14H26N2OS/c1-11(2)10-16(8-7-13(15)18)14(17)9-12-5-3-4-6-12/h11-12H,3-10H2,1-2H3,(H2,15,18). The van der Waals surface area contributed by atoms with Gasteiger partial charge in [-0.2, -0.15) is 0 Å². The van der Waals surface area contributed by atoms with Crippen LogP contribution < -0.4 is 5.73 Å². The van der Waals surface area contributed by atoms with Crippen LogP contribution in [0.5, 0.6) is 0 Å². The first-order valence-corrected chi connectivity index (χ1v) is 7.46. The summed E-state index contributed by atoms with van der Waals surface area (Å²) >= 11 is 4.90. The molecule has 0 atom stereocenters. The molecule has 0 aromatic heterocycles. The SMILES string of the molecule is CC(C)CN(CCC(N)=S)C(=O)CC1CCCC1. The highest BCUT2D eigenvalue weighted by Gasteiger charge is 2.22. The first-order valence-electron chi connectivity index (χ1n) is 7.05. The molecule has 0 radical (unpaired) electrons. The molecule has 18 heavy (non-hydrogen) atoms. The summed E-state index contributed by atoms with van der Waals surface area (Å²) in [5.74, 6) is 1.38. The molecule has 0 unspecified atom stereocenters. The van der Waals surface area contributed by atoms with Gasteiger partial charge in [-0.3, -0.25) is 4.79 Å². The zero-order valence-corrected chi connectivity index (χ0v) is 12.5. The Kier molecular flexibility index (Phi) is 6.61. The van der Waals surface area contributed by atoms with E-state index in [0.29, 0.717) is 36.2 Å². The lowest BCUT2D eigenvalue weighted by Gasteiger charge is -2.25. The van der Waals surface area contributed by atoms with Gasteiger partial charge in [-0.1, -0.05) is 38.9 Å². The van der Waals surface area contributed by atoms with Crippen molar-refractivity contribution in [3.63, 3.8) is 0 Å². The van der Waals surface area contributed by atoms with E-state index in [4.69, 9.17) is 18.0 Å². The van der Waals surface area contributed by atoms with Crippen molar-refractivity contribution in [2.24, 2.45) is 17.6 Å². The maximum atomic E-state index is 12.3. The van der Waals surface area contributed by atoms with E-state index in [-0.39, 0.29) is 5.91 Å². The van der Waals surface area contributed by atoms with Crippen LogP contribution in [0.25, 0.3) is 0 Å². The molecule has 1 aliphatic rings. The molecule has 0 saturated heterocycles. The molecule has 0 aromatic carbocycles. The van der Waals surface area contributed by atoms with Gasteiger partial charge >= 0.3 is 0 Å². The van der Waals surface area contributed by atoms with E-state index < -0.39 is 0 Å². The van der Waals surface area contributed by atoms with Crippen molar-refractivity contribution in [1.29, 1.82) is 0 Å². The minimum atomic E-state index is 0.284. The molecule has 4 heteroatoms. The Labute approximate surface area is 116 Å². The van der Waals surface area contributed by atoms with Crippen molar-refractivity contribution in [3.8, 4) is 0 Å². The summed E-state index contributed by atoms with van der Waals surface area (Å²) in [4.78, 5) is 14.7. The van der Waals surface area contributed by atoms with Gasteiger partial charge in [0.1, 0.15) is 0 Å². The van der Waals surface area contributed by atoms with E-state index in [1.165, 1.54) is 25.7 Å². The third-order valence-electron chi connectivity index (χ3n) is 3.50. The van der Waals surface area contributed by atoms with Crippen molar-refractivity contribution in [2.45, 2.75) is 52.4 Å². The first-order chi connectivity index (χ1) is 8.49. The second-order valence-corrected chi connectivity index (χ2v) is 6.33. The highest BCUT2D eigenvalue weighted by Crippen LogP contribution is 2.28. The molecular formula is C14H26N2OS.